The topological polar surface area (TPSA) is 65.3 Å². The number of ether oxygens (including phenoxy) is 1. The van der Waals surface area contributed by atoms with E-state index in [2.05, 4.69) is 5.32 Å². The molecule has 1 heterocycles. The minimum atomic E-state index is -0.782. The van der Waals surface area contributed by atoms with Crippen molar-refractivity contribution in [2.75, 3.05) is 5.32 Å². The molecule has 2 aromatic carbocycles. The van der Waals surface area contributed by atoms with Crippen LogP contribution in [-0.4, -0.2) is 21.4 Å². The molecule has 0 saturated carbocycles. The molecule has 6 nitrogen and oxygen atoms in total. The Balaban J connectivity index is 1.82. The van der Waals surface area contributed by atoms with Crippen LogP contribution in [0.5, 0.6) is 5.75 Å². The standard InChI is InChI=1S/C20H20ClN3O3/c1-13-18(20(26)24(23(13)3)16-7-5-4-6-8-16)22-19(25)14(2)27-17-11-9-15(21)10-12-17/h4-12,14H,1-3H3,(H,22,25)/t14-/m1/s1. The maximum absolute atomic E-state index is 12.8. The zero-order valence-corrected chi connectivity index (χ0v) is 16.0. The molecule has 7 heteroatoms. The smallest absolute Gasteiger partial charge is 0.295 e. The Morgan fingerprint density at radius 1 is 1.11 bits per heavy atom. The fraction of sp³-hybridized carbons (Fsp3) is 0.200. The van der Waals surface area contributed by atoms with E-state index in [4.69, 9.17) is 16.3 Å². The zero-order chi connectivity index (χ0) is 19.6. The van der Waals surface area contributed by atoms with Crippen LogP contribution in [0.2, 0.25) is 5.02 Å². The highest BCUT2D eigenvalue weighted by Gasteiger charge is 2.21. The molecule has 0 aliphatic rings. The van der Waals surface area contributed by atoms with Crippen LogP contribution in [0.4, 0.5) is 5.69 Å². The molecule has 0 unspecified atom stereocenters. The molecule has 0 aliphatic heterocycles. The molecule has 140 valence electrons. The lowest BCUT2D eigenvalue weighted by molar-refractivity contribution is -0.122. The number of halogens is 1. The predicted molar refractivity (Wildman–Crippen MR) is 106 cm³/mol. The number of aromatic nitrogens is 2. The molecular formula is C20H20ClN3O3. The highest BCUT2D eigenvalue weighted by molar-refractivity contribution is 6.30. The predicted octanol–water partition coefficient (Wildman–Crippen LogP) is 3.54. The fourth-order valence-electron chi connectivity index (χ4n) is 2.71. The van der Waals surface area contributed by atoms with Crippen molar-refractivity contribution in [3.05, 3.63) is 75.7 Å². The molecular weight excluding hydrogens is 366 g/mol. The van der Waals surface area contributed by atoms with Crippen molar-refractivity contribution in [2.45, 2.75) is 20.0 Å². The summed E-state index contributed by atoms with van der Waals surface area (Å²) in [4.78, 5) is 25.4. The van der Waals surface area contributed by atoms with Crippen molar-refractivity contribution in [1.29, 1.82) is 0 Å². The monoisotopic (exact) mass is 385 g/mol. The van der Waals surface area contributed by atoms with E-state index in [0.29, 0.717) is 16.5 Å². The number of amides is 1. The highest BCUT2D eigenvalue weighted by atomic mass is 35.5. The average molecular weight is 386 g/mol. The third-order valence-electron chi connectivity index (χ3n) is 4.30. The van der Waals surface area contributed by atoms with Gasteiger partial charge in [0, 0.05) is 12.1 Å². The number of hydrogen-bond donors (Lipinski definition) is 1. The summed E-state index contributed by atoms with van der Waals surface area (Å²) in [6, 6.07) is 16.0. The molecule has 3 rings (SSSR count). The summed E-state index contributed by atoms with van der Waals surface area (Å²) < 4.78 is 8.83. The molecule has 27 heavy (non-hydrogen) atoms. The lowest BCUT2D eigenvalue weighted by Crippen LogP contribution is -2.32. The Bertz CT molecular complexity index is 1010. The largest absolute Gasteiger partial charge is 0.481 e. The van der Waals surface area contributed by atoms with Gasteiger partial charge in [-0.25, -0.2) is 4.68 Å². The fourth-order valence-corrected chi connectivity index (χ4v) is 2.83. The van der Waals surface area contributed by atoms with E-state index >= 15 is 0 Å². The lowest BCUT2D eigenvalue weighted by atomic mass is 10.3. The number of anilines is 1. The minimum absolute atomic E-state index is 0.234. The van der Waals surface area contributed by atoms with Crippen LogP contribution < -0.4 is 15.6 Å². The van der Waals surface area contributed by atoms with E-state index in [9.17, 15) is 9.59 Å². The molecule has 1 N–H and O–H groups in total. The molecule has 0 radical (unpaired) electrons. The molecule has 0 aliphatic carbocycles. The zero-order valence-electron chi connectivity index (χ0n) is 15.3. The van der Waals surface area contributed by atoms with Gasteiger partial charge >= 0.3 is 0 Å². The van der Waals surface area contributed by atoms with Crippen molar-refractivity contribution >= 4 is 23.2 Å². The molecule has 0 fully saturated rings. The van der Waals surface area contributed by atoms with Gasteiger partial charge in [0.1, 0.15) is 11.4 Å². The van der Waals surface area contributed by atoms with Gasteiger partial charge in [0.2, 0.25) is 0 Å². The first-order valence-corrected chi connectivity index (χ1v) is 8.83. The lowest BCUT2D eigenvalue weighted by Gasteiger charge is -2.14. The number of para-hydroxylation sites is 1. The average Bonchev–Trinajstić information content (AvgIpc) is 2.87. The van der Waals surface area contributed by atoms with Crippen LogP contribution in [0.25, 0.3) is 5.69 Å². The number of carbonyl (C=O) groups is 1. The first kappa shape index (κ1) is 18.8. The maximum atomic E-state index is 12.8. The summed E-state index contributed by atoms with van der Waals surface area (Å²) in [5.41, 5.74) is 1.31. The highest BCUT2D eigenvalue weighted by Crippen LogP contribution is 2.18. The van der Waals surface area contributed by atoms with Crippen LogP contribution in [0.15, 0.2) is 59.4 Å². The van der Waals surface area contributed by atoms with Crippen LogP contribution >= 0.6 is 11.6 Å². The van der Waals surface area contributed by atoms with Crippen molar-refractivity contribution in [2.24, 2.45) is 7.05 Å². The summed E-state index contributed by atoms with van der Waals surface area (Å²) in [5, 5.41) is 3.28. The van der Waals surface area contributed by atoms with E-state index in [-0.39, 0.29) is 11.2 Å². The normalized spacial score (nSPS) is 11.9. The number of benzene rings is 2. The van der Waals surface area contributed by atoms with Crippen molar-refractivity contribution < 1.29 is 9.53 Å². The van der Waals surface area contributed by atoms with Gasteiger partial charge in [-0.15, -0.1) is 0 Å². The van der Waals surface area contributed by atoms with E-state index < -0.39 is 12.0 Å². The van der Waals surface area contributed by atoms with Gasteiger partial charge in [-0.1, -0.05) is 29.8 Å². The third kappa shape index (κ3) is 3.90. The molecule has 3 aromatic rings. The number of hydrogen-bond acceptors (Lipinski definition) is 3. The van der Waals surface area contributed by atoms with E-state index in [1.165, 1.54) is 4.68 Å². The van der Waals surface area contributed by atoms with Gasteiger partial charge in [-0.3, -0.25) is 14.3 Å². The number of nitrogens with zero attached hydrogens (tertiary/aromatic N) is 2. The van der Waals surface area contributed by atoms with Gasteiger partial charge in [0.25, 0.3) is 11.5 Å². The molecule has 1 amide bonds. The maximum Gasteiger partial charge on any atom is 0.295 e. The second-order valence-electron chi connectivity index (χ2n) is 6.14. The Hall–Kier alpha value is -2.99. The first-order valence-electron chi connectivity index (χ1n) is 8.45. The summed E-state index contributed by atoms with van der Waals surface area (Å²) in [6.45, 7) is 3.40. The Morgan fingerprint density at radius 2 is 1.74 bits per heavy atom. The quantitative estimate of drug-likeness (QED) is 0.730. The van der Waals surface area contributed by atoms with Crippen molar-refractivity contribution in [3.8, 4) is 11.4 Å². The minimum Gasteiger partial charge on any atom is -0.481 e. The van der Waals surface area contributed by atoms with Crippen molar-refractivity contribution in [1.82, 2.24) is 9.36 Å². The number of nitrogens with one attached hydrogen (secondary N) is 1. The van der Waals surface area contributed by atoms with Gasteiger partial charge in [0.15, 0.2) is 6.10 Å². The molecule has 1 atom stereocenters. The SMILES string of the molecule is Cc1c(NC(=O)[C@@H](C)Oc2ccc(Cl)cc2)c(=O)n(-c2ccccc2)n1C. The second-order valence-corrected chi connectivity index (χ2v) is 6.58. The Labute approximate surface area is 161 Å². The Kier molecular flexibility index (Phi) is 5.37. The van der Waals surface area contributed by atoms with Gasteiger partial charge in [-0.05, 0) is 50.2 Å². The van der Waals surface area contributed by atoms with Gasteiger partial charge in [0.05, 0.1) is 11.4 Å². The van der Waals surface area contributed by atoms with Crippen LogP contribution in [0.3, 0.4) is 0 Å². The van der Waals surface area contributed by atoms with Crippen LogP contribution in [0.1, 0.15) is 12.6 Å². The second kappa shape index (κ2) is 7.72. The van der Waals surface area contributed by atoms with E-state index in [1.807, 2.05) is 30.3 Å². The first-order chi connectivity index (χ1) is 12.9. The molecule has 0 bridgehead atoms. The molecule has 0 spiro atoms. The number of carbonyl (C=O) groups excluding carboxylic acids is 1. The third-order valence-corrected chi connectivity index (χ3v) is 4.55. The summed E-state index contributed by atoms with van der Waals surface area (Å²) in [5.74, 6) is 0.115. The van der Waals surface area contributed by atoms with E-state index in [1.54, 1.807) is 49.8 Å². The Morgan fingerprint density at radius 3 is 2.37 bits per heavy atom. The van der Waals surface area contributed by atoms with Crippen molar-refractivity contribution in [3.63, 3.8) is 0 Å². The van der Waals surface area contributed by atoms with Gasteiger partial charge < -0.3 is 10.1 Å². The number of rotatable bonds is 5. The summed E-state index contributed by atoms with van der Waals surface area (Å²) in [6.07, 6.45) is -0.782. The van der Waals surface area contributed by atoms with Crippen LogP contribution in [-0.2, 0) is 11.8 Å². The summed E-state index contributed by atoms with van der Waals surface area (Å²) in [7, 11) is 1.77. The van der Waals surface area contributed by atoms with Gasteiger partial charge in [-0.2, -0.15) is 0 Å². The summed E-state index contributed by atoms with van der Waals surface area (Å²) >= 11 is 5.85. The van der Waals surface area contributed by atoms with Crippen LogP contribution in [0, 0.1) is 6.92 Å². The van der Waals surface area contributed by atoms with E-state index in [0.717, 1.165) is 5.69 Å². The molecule has 0 saturated heterocycles. The molecule has 1 aromatic heterocycles.